The van der Waals surface area contributed by atoms with Crippen LogP contribution in [-0.4, -0.2) is 50.5 Å². The summed E-state index contributed by atoms with van der Waals surface area (Å²) < 4.78 is 1.71. The largest absolute Gasteiger partial charge is 0.353 e. The highest BCUT2D eigenvalue weighted by Crippen LogP contribution is 2.36. The summed E-state index contributed by atoms with van der Waals surface area (Å²) >= 11 is 0. The number of hydrogen-bond donors (Lipinski definition) is 0. The van der Waals surface area contributed by atoms with Crippen LogP contribution >= 0.6 is 0 Å². The number of aromatic nitrogens is 5. The lowest BCUT2D eigenvalue weighted by Crippen LogP contribution is -2.49. The molecule has 130 valence electrons. The van der Waals surface area contributed by atoms with Crippen LogP contribution in [0.25, 0.3) is 5.65 Å². The van der Waals surface area contributed by atoms with Crippen LogP contribution in [-0.2, 0) is 0 Å². The number of fused-ring (bicyclic) bond motifs is 2. The summed E-state index contributed by atoms with van der Waals surface area (Å²) in [4.78, 5) is 9.13. The third-order valence-electron chi connectivity index (χ3n) is 5.51. The number of anilines is 2. The van der Waals surface area contributed by atoms with Gasteiger partial charge in [-0.1, -0.05) is 0 Å². The third-order valence-corrected chi connectivity index (χ3v) is 5.51. The Morgan fingerprint density at radius 3 is 3.00 bits per heavy atom. The van der Waals surface area contributed by atoms with Gasteiger partial charge in [-0.25, -0.2) is 4.98 Å². The molecule has 8 heteroatoms. The van der Waals surface area contributed by atoms with Gasteiger partial charge >= 0.3 is 0 Å². The number of nitriles is 1. The van der Waals surface area contributed by atoms with Crippen molar-refractivity contribution in [1.29, 1.82) is 5.26 Å². The molecule has 8 nitrogen and oxygen atoms in total. The maximum atomic E-state index is 9.43. The van der Waals surface area contributed by atoms with Crippen molar-refractivity contribution in [2.45, 2.75) is 18.9 Å². The lowest BCUT2D eigenvalue weighted by Gasteiger charge is -2.39. The molecule has 2 aliphatic rings. The molecule has 0 bridgehead atoms. The van der Waals surface area contributed by atoms with Gasteiger partial charge in [0.1, 0.15) is 24.0 Å². The summed E-state index contributed by atoms with van der Waals surface area (Å²) in [5, 5.41) is 22.0. The fraction of sp³-hybridized carbons (Fsp3) is 0.389. The second-order valence-corrected chi connectivity index (χ2v) is 6.86. The van der Waals surface area contributed by atoms with Crippen LogP contribution in [0.4, 0.5) is 11.6 Å². The average molecular weight is 346 g/mol. The zero-order valence-corrected chi connectivity index (χ0v) is 14.2. The summed E-state index contributed by atoms with van der Waals surface area (Å²) in [5.41, 5.74) is 1.40. The standard InChI is InChI=1S/C18H18N8/c19-10-14-2-1-7-20-18(14)25-9-6-13-5-8-24(11-15(13)25)17-4-3-16-22-21-12-26(16)23-17/h1-4,7,12-13,15H,5-6,8-9,11H2. The molecule has 5 heterocycles. The van der Waals surface area contributed by atoms with Crippen LogP contribution in [0.1, 0.15) is 18.4 Å². The van der Waals surface area contributed by atoms with E-state index in [1.807, 2.05) is 24.3 Å². The topological polar surface area (TPSA) is 86.2 Å². The van der Waals surface area contributed by atoms with Crippen molar-refractivity contribution < 1.29 is 0 Å². The summed E-state index contributed by atoms with van der Waals surface area (Å²) in [6.45, 7) is 2.82. The number of rotatable bonds is 2. The third kappa shape index (κ3) is 2.36. The minimum absolute atomic E-state index is 0.351. The van der Waals surface area contributed by atoms with Gasteiger partial charge in [0.05, 0.1) is 11.6 Å². The number of piperidine rings is 1. The highest BCUT2D eigenvalue weighted by Gasteiger charge is 2.40. The van der Waals surface area contributed by atoms with Crippen LogP contribution in [0.2, 0.25) is 0 Å². The Labute approximate surface area is 150 Å². The number of pyridine rings is 1. The lowest BCUT2D eigenvalue weighted by atomic mass is 9.92. The first kappa shape index (κ1) is 15.1. The van der Waals surface area contributed by atoms with Crippen LogP contribution in [0, 0.1) is 17.2 Å². The van der Waals surface area contributed by atoms with Crippen LogP contribution in [0.15, 0.2) is 36.8 Å². The van der Waals surface area contributed by atoms with E-state index in [9.17, 15) is 5.26 Å². The summed E-state index contributed by atoms with van der Waals surface area (Å²) in [6.07, 6.45) is 5.67. The van der Waals surface area contributed by atoms with Crippen molar-refractivity contribution in [1.82, 2.24) is 24.8 Å². The Balaban J connectivity index is 1.44. The molecule has 2 fully saturated rings. The molecule has 0 radical (unpaired) electrons. The van der Waals surface area contributed by atoms with E-state index in [0.717, 1.165) is 49.8 Å². The molecule has 0 saturated carbocycles. The zero-order chi connectivity index (χ0) is 17.5. The van der Waals surface area contributed by atoms with E-state index in [1.54, 1.807) is 17.0 Å². The van der Waals surface area contributed by atoms with E-state index in [-0.39, 0.29) is 0 Å². The molecule has 2 saturated heterocycles. The molecule has 0 N–H and O–H groups in total. The van der Waals surface area contributed by atoms with Crippen LogP contribution in [0.3, 0.4) is 0 Å². The molecule has 0 amide bonds. The molecule has 2 aliphatic heterocycles. The highest BCUT2D eigenvalue weighted by atomic mass is 15.4. The molecule has 0 spiro atoms. The molecular weight excluding hydrogens is 328 g/mol. The second-order valence-electron chi connectivity index (χ2n) is 6.86. The molecular formula is C18H18N8. The fourth-order valence-corrected chi connectivity index (χ4v) is 4.21. The monoisotopic (exact) mass is 346 g/mol. The first-order chi connectivity index (χ1) is 12.8. The first-order valence-corrected chi connectivity index (χ1v) is 8.87. The zero-order valence-electron chi connectivity index (χ0n) is 14.2. The van der Waals surface area contributed by atoms with Crippen molar-refractivity contribution in [3.63, 3.8) is 0 Å². The SMILES string of the molecule is N#Cc1cccnc1N1CCC2CCN(c3ccc4nncn4n3)CC21. The summed E-state index contributed by atoms with van der Waals surface area (Å²) in [5.74, 6) is 2.38. The van der Waals surface area contributed by atoms with Crippen molar-refractivity contribution in [2.24, 2.45) is 5.92 Å². The van der Waals surface area contributed by atoms with Crippen molar-refractivity contribution in [2.75, 3.05) is 29.4 Å². The van der Waals surface area contributed by atoms with E-state index in [1.165, 1.54) is 0 Å². The van der Waals surface area contributed by atoms with E-state index < -0.39 is 0 Å². The predicted octanol–water partition coefficient (Wildman–Crippen LogP) is 1.50. The minimum atomic E-state index is 0.351. The second kappa shape index (κ2) is 5.95. The Hall–Kier alpha value is -3.21. The number of hydrogen-bond acceptors (Lipinski definition) is 7. The first-order valence-electron chi connectivity index (χ1n) is 8.87. The van der Waals surface area contributed by atoms with Crippen molar-refractivity contribution in [3.05, 3.63) is 42.4 Å². The van der Waals surface area contributed by atoms with E-state index in [4.69, 9.17) is 0 Å². The quantitative estimate of drug-likeness (QED) is 0.695. The Morgan fingerprint density at radius 1 is 1.15 bits per heavy atom. The van der Waals surface area contributed by atoms with Gasteiger partial charge in [0, 0.05) is 25.8 Å². The van der Waals surface area contributed by atoms with Crippen LogP contribution in [0.5, 0.6) is 0 Å². The van der Waals surface area contributed by atoms with Gasteiger partial charge in [-0.2, -0.15) is 9.78 Å². The molecule has 0 aliphatic carbocycles. The van der Waals surface area contributed by atoms with Gasteiger partial charge in [-0.05, 0) is 43.0 Å². The summed E-state index contributed by atoms with van der Waals surface area (Å²) in [6, 6.07) is 10.2. The normalized spacial score (nSPS) is 22.4. The molecule has 26 heavy (non-hydrogen) atoms. The Bertz CT molecular complexity index is 990. The maximum absolute atomic E-state index is 9.43. The smallest absolute Gasteiger partial charge is 0.177 e. The molecule has 3 aromatic rings. The average Bonchev–Trinajstić information content (AvgIpc) is 3.33. The van der Waals surface area contributed by atoms with Crippen LogP contribution < -0.4 is 9.80 Å². The highest BCUT2D eigenvalue weighted by molar-refractivity contribution is 5.56. The number of nitrogens with zero attached hydrogens (tertiary/aromatic N) is 8. The Morgan fingerprint density at radius 2 is 2.08 bits per heavy atom. The summed E-state index contributed by atoms with van der Waals surface area (Å²) in [7, 11) is 0. The minimum Gasteiger partial charge on any atom is -0.353 e. The van der Waals surface area contributed by atoms with Crippen molar-refractivity contribution in [3.8, 4) is 6.07 Å². The molecule has 5 rings (SSSR count). The molecule has 0 aromatic carbocycles. The molecule has 2 atom stereocenters. The van der Waals surface area contributed by atoms with E-state index >= 15 is 0 Å². The van der Waals surface area contributed by atoms with Gasteiger partial charge in [0.15, 0.2) is 5.65 Å². The van der Waals surface area contributed by atoms with Gasteiger partial charge < -0.3 is 9.80 Å². The fourth-order valence-electron chi connectivity index (χ4n) is 4.21. The van der Waals surface area contributed by atoms with Crippen molar-refractivity contribution >= 4 is 17.3 Å². The van der Waals surface area contributed by atoms with Gasteiger partial charge in [-0.15, -0.1) is 15.3 Å². The maximum Gasteiger partial charge on any atom is 0.177 e. The van der Waals surface area contributed by atoms with E-state index in [2.05, 4.69) is 36.1 Å². The van der Waals surface area contributed by atoms with Gasteiger partial charge in [0.2, 0.25) is 0 Å². The van der Waals surface area contributed by atoms with Gasteiger partial charge in [-0.3, -0.25) is 0 Å². The predicted molar refractivity (Wildman–Crippen MR) is 95.8 cm³/mol. The lowest BCUT2D eigenvalue weighted by molar-refractivity contribution is 0.388. The Kier molecular flexibility index (Phi) is 3.45. The van der Waals surface area contributed by atoms with E-state index in [0.29, 0.717) is 17.5 Å². The molecule has 3 aromatic heterocycles. The van der Waals surface area contributed by atoms with Gasteiger partial charge in [0.25, 0.3) is 0 Å². The molecule has 2 unspecified atom stereocenters.